The Hall–Kier alpha value is -1.10. The van der Waals surface area contributed by atoms with E-state index in [0.717, 1.165) is 17.0 Å². The molecule has 0 aliphatic carbocycles. The molecule has 0 radical (unpaired) electrons. The van der Waals surface area contributed by atoms with Gasteiger partial charge in [-0.25, -0.2) is 0 Å². The number of benzene rings is 1. The van der Waals surface area contributed by atoms with Gasteiger partial charge in [0.1, 0.15) is 0 Å². The van der Waals surface area contributed by atoms with Gasteiger partial charge in [-0.1, -0.05) is 26.0 Å². The summed E-state index contributed by atoms with van der Waals surface area (Å²) in [4.78, 5) is 4.53. The number of aromatic nitrogens is 1. The molecule has 2 unspecified atom stereocenters. The molecule has 20 heavy (non-hydrogen) atoms. The van der Waals surface area contributed by atoms with Crippen molar-refractivity contribution in [2.45, 2.75) is 38.5 Å². The monoisotopic (exact) mass is 289 g/mol. The summed E-state index contributed by atoms with van der Waals surface area (Å²) in [5, 5.41) is 1.83. The second-order valence-corrected chi connectivity index (χ2v) is 6.65. The lowest BCUT2D eigenvalue weighted by atomic mass is 10.1. The van der Waals surface area contributed by atoms with Crippen LogP contribution in [0.2, 0.25) is 0 Å². The number of nitrogens with two attached hydrogens (primary N) is 1. The van der Waals surface area contributed by atoms with Gasteiger partial charge in [0.2, 0.25) is 0 Å². The van der Waals surface area contributed by atoms with Crippen molar-refractivity contribution in [3.63, 3.8) is 0 Å². The minimum Gasteiger partial charge on any atom is -0.271 e. The average Bonchev–Trinajstić information content (AvgIpc) is 2.47. The van der Waals surface area contributed by atoms with E-state index >= 15 is 0 Å². The molecule has 0 spiro atoms. The second kappa shape index (κ2) is 7.07. The number of thioether (sulfide) groups is 1. The van der Waals surface area contributed by atoms with Crippen molar-refractivity contribution in [3.8, 4) is 0 Å². The summed E-state index contributed by atoms with van der Waals surface area (Å²) in [5.41, 5.74) is 6.24. The van der Waals surface area contributed by atoms with Crippen molar-refractivity contribution in [1.82, 2.24) is 10.4 Å². The van der Waals surface area contributed by atoms with Crippen molar-refractivity contribution in [1.29, 1.82) is 0 Å². The van der Waals surface area contributed by atoms with Crippen LogP contribution >= 0.6 is 11.8 Å². The van der Waals surface area contributed by atoms with Crippen LogP contribution in [0.15, 0.2) is 30.3 Å². The van der Waals surface area contributed by atoms with Gasteiger partial charge in [-0.2, -0.15) is 11.8 Å². The van der Waals surface area contributed by atoms with Crippen molar-refractivity contribution < 1.29 is 0 Å². The number of hydrogen-bond acceptors (Lipinski definition) is 4. The summed E-state index contributed by atoms with van der Waals surface area (Å²) >= 11 is 1.95. The van der Waals surface area contributed by atoms with E-state index in [0.29, 0.717) is 5.25 Å². The second-order valence-electron chi connectivity index (χ2n) is 5.18. The maximum atomic E-state index is 5.72. The smallest absolute Gasteiger partial charge is 0.0705 e. The molecule has 3 nitrogen and oxygen atoms in total. The number of hydrazine groups is 1. The maximum Gasteiger partial charge on any atom is 0.0705 e. The third-order valence-electron chi connectivity index (χ3n) is 3.58. The molecule has 3 N–H and O–H groups in total. The van der Waals surface area contributed by atoms with Gasteiger partial charge >= 0.3 is 0 Å². The highest BCUT2D eigenvalue weighted by Crippen LogP contribution is 2.24. The van der Waals surface area contributed by atoms with E-state index in [1.54, 1.807) is 0 Å². The fraction of sp³-hybridized carbons (Fsp3) is 0.438. The first-order chi connectivity index (χ1) is 9.63. The van der Waals surface area contributed by atoms with Gasteiger partial charge in [0.15, 0.2) is 0 Å². The highest BCUT2D eigenvalue weighted by molar-refractivity contribution is 7.99. The van der Waals surface area contributed by atoms with E-state index < -0.39 is 0 Å². The fourth-order valence-electron chi connectivity index (χ4n) is 2.08. The number of fused-ring (bicyclic) bond motifs is 1. The summed E-state index contributed by atoms with van der Waals surface area (Å²) in [5.74, 6) is 6.70. The van der Waals surface area contributed by atoms with Crippen LogP contribution in [0, 0.1) is 6.92 Å². The zero-order chi connectivity index (χ0) is 14.5. The fourth-order valence-corrected chi connectivity index (χ4v) is 3.13. The Morgan fingerprint density at radius 1 is 1.30 bits per heavy atom. The molecule has 0 bridgehead atoms. The normalized spacial score (nSPS) is 14.4. The molecular formula is C16H23N3S. The van der Waals surface area contributed by atoms with Gasteiger partial charge in [0, 0.05) is 22.1 Å². The maximum absolute atomic E-state index is 5.72. The Labute approximate surface area is 125 Å². The molecule has 0 saturated heterocycles. The van der Waals surface area contributed by atoms with Gasteiger partial charge in [-0.3, -0.25) is 16.3 Å². The molecule has 2 atom stereocenters. The summed E-state index contributed by atoms with van der Waals surface area (Å²) in [6.07, 6.45) is 1.18. The lowest BCUT2D eigenvalue weighted by Gasteiger charge is -2.18. The van der Waals surface area contributed by atoms with E-state index in [4.69, 9.17) is 5.84 Å². The Morgan fingerprint density at radius 2 is 2.10 bits per heavy atom. The summed E-state index contributed by atoms with van der Waals surface area (Å²) < 4.78 is 0. The third-order valence-corrected chi connectivity index (χ3v) is 5.01. The molecule has 0 fully saturated rings. The van der Waals surface area contributed by atoms with Crippen molar-refractivity contribution in [3.05, 3.63) is 41.6 Å². The van der Waals surface area contributed by atoms with E-state index in [-0.39, 0.29) is 6.04 Å². The molecule has 108 valence electrons. The zero-order valence-corrected chi connectivity index (χ0v) is 13.2. The minimum absolute atomic E-state index is 0.180. The first-order valence-electron chi connectivity index (χ1n) is 7.09. The lowest BCUT2D eigenvalue weighted by Crippen LogP contribution is -2.30. The molecule has 0 aliphatic rings. The number of aryl methyl sites for hydroxylation is 1. The summed E-state index contributed by atoms with van der Waals surface area (Å²) in [6.45, 7) is 6.48. The molecule has 1 heterocycles. The Morgan fingerprint density at radius 3 is 2.80 bits per heavy atom. The zero-order valence-electron chi connectivity index (χ0n) is 12.4. The van der Waals surface area contributed by atoms with E-state index in [9.17, 15) is 0 Å². The Bertz CT molecular complexity index is 571. The van der Waals surface area contributed by atoms with E-state index in [1.165, 1.54) is 17.4 Å². The van der Waals surface area contributed by atoms with Gasteiger partial charge < -0.3 is 0 Å². The third kappa shape index (κ3) is 3.72. The molecule has 2 aromatic rings. The molecule has 4 heteroatoms. The quantitative estimate of drug-likeness (QED) is 0.630. The molecule has 1 aromatic carbocycles. The van der Waals surface area contributed by atoms with Crippen LogP contribution in [0.4, 0.5) is 0 Å². The highest BCUT2D eigenvalue weighted by Gasteiger charge is 2.12. The van der Waals surface area contributed by atoms with Crippen LogP contribution in [0.3, 0.4) is 0 Å². The van der Waals surface area contributed by atoms with Crippen molar-refractivity contribution >= 4 is 22.7 Å². The number of rotatable bonds is 6. The van der Waals surface area contributed by atoms with Gasteiger partial charge in [-0.15, -0.1) is 0 Å². The molecule has 0 amide bonds. The predicted octanol–water partition coefficient (Wildman–Crippen LogP) is 3.58. The minimum atomic E-state index is 0.180. The topological polar surface area (TPSA) is 50.9 Å². The van der Waals surface area contributed by atoms with Crippen molar-refractivity contribution in [2.75, 3.05) is 5.75 Å². The van der Waals surface area contributed by atoms with Crippen LogP contribution in [0.25, 0.3) is 10.9 Å². The van der Waals surface area contributed by atoms with Crippen LogP contribution < -0.4 is 11.3 Å². The van der Waals surface area contributed by atoms with E-state index in [1.807, 2.05) is 24.8 Å². The van der Waals surface area contributed by atoms with Crippen LogP contribution in [-0.2, 0) is 0 Å². The Kier molecular flexibility index (Phi) is 5.40. The number of nitrogens with zero attached hydrogens (tertiary/aromatic N) is 1. The SMILES string of the molecule is CCC(C)SCC(NN)c1ccc2nc(C)ccc2c1. The number of pyridine rings is 1. The highest BCUT2D eigenvalue weighted by atomic mass is 32.2. The molecule has 2 rings (SSSR count). The number of nitrogens with one attached hydrogen (secondary N) is 1. The summed E-state index contributed by atoms with van der Waals surface area (Å²) in [6, 6.07) is 10.7. The van der Waals surface area contributed by atoms with Crippen LogP contribution in [0.1, 0.15) is 37.6 Å². The number of hydrogen-bond donors (Lipinski definition) is 2. The van der Waals surface area contributed by atoms with Crippen LogP contribution in [-0.4, -0.2) is 16.0 Å². The van der Waals surface area contributed by atoms with Crippen molar-refractivity contribution in [2.24, 2.45) is 5.84 Å². The molecule has 1 aromatic heterocycles. The average molecular weight is 289 g/mol. The van der Waals surface area contributed by atoms with Gasteiger partial charge in [0.05, 0.1) is 11.6 Å². The standard InChI is InChI=1S/C16H23N3S/c1-4-12(3)20-10-16(19-17)14-7-8-15-13(9-14)6-5-11(2)18-15/h5-9,12,16,19H,4,10,17H2,1-3H3. The lowest BCUT2D eigenvalue weighted by molar-refractivity contribution is 0.610. The van der Waals surface area contributed by atoms with E-state index in [2.05, 4.69) is 48.5 Å². The van der Waals surface area contributed by atoms with Gasteiger partial charge in [-0.05, 0) is 37.1 Å². The largest absolute Gasteiger partial charge is 0.271 e. The first-order valence-corrected chi connectivity index (χ1v) is 8.14. The molecule has 0 saturated carbocycles. The molecule has 0 aliphatic heterocycles. The predicted molar refractivity (Wildman–Crippen MR) is 88.8 cm³/mol. The first kappa shape index (κ1) is 15.3. The summed E-state index contributed by atoms with van der Waals surface area (Å²) in [7, 11) is 0. The van der Waals surface area contributed by atoms with Crippen LogP contribution in [0.5, 0.6) is 0 Å². The van der Waals surface area contributed by atoms with Gasteiger partial charge in [0.25, 0.3) is 0 Å². The molecular weight excluding hydrogens is 266 g/mol. The Balaban J connectivity index is 2.19.